The molecule has 0 radical (unpaired) electrons. The first-order valence-corrected chi connectivity index (χ1v) is 9.58. The number of benzene rings is 1. The second-order valence-electron chi connectivity index (χ2n) is 5.23. The molecular weight excluding hydrogens is 366 g/mol. The van der Waals surface area contributed by atoms with Crippen molar-refractivity contribution in [1.82, 2.24) is 0 Å². The lowest BCUT2D eigenvalue weighted by Crippen LogP contribution is -2.28. The smallest absolute Gasteiger partial charge is 0.265 e. The highest BCUT2D eigenvalue weighted by atomic mass is 32.2. The Morgan fingerprint density at radius 2 is 1.72 bits per heavy atom. The Bertz CT molecular complexity index is 902. The SMILES string of the molecule is NC(=O)C(C(=O)CCS(=O)(=O)O)c1ccc(C(=O)c2ccccc2)s1. The maximum absolute atomic E-state index is 12.4. The molecule has 0 fully saturated rings. The van der Waals surface area contributed by atoms with Gasteiger partial charge in [0.2, 0.25) is 11.7 Å². The fraction of sp³-hybridized carbons (Fsp3) is 0.188. The van der Waals surface area contributed by atoms with Gasteiger partial charge in [0.1, 0.15) is 5.92 Å². The maximum Gasteiger partial charge on any atom is 0.265 e. The molecule has 0 spiro atoms. The van der Waals surface area contributed by atoms with E-state index in [0.29, 0.717) is 10.4 Å². The Hall–Kier alpha value is -2.36. The molecule has 1 atom stereocenters. The summed E-state index contributed by atoms with van der Waals surface area (Å²) in [7, 11) is -4.33. The molecule has 0 saturated carbocycles. The summed E-state index contributed by atoms with van der Waals surface area (Å²) < 4.78 is 30.2. The number of primary amides is 1. The number of rotatable bonds is 8. The predicted octanol–water partition coefficient (Wildman–Crippen LogP) is 1.40. The van der Waals surface area contributed by atoms with Crippen molar-refractivity contribution in [3.63, 3.8) is 0 Å². The second kappa shape index (κ2) is 7.68. The molecule has 2 rings (SSSR count). The lowest BCUT2D eigenvalue weighted by Gasteiger charge is -2.09. The van der Waals surface area contributed by atoms with Crippen LogP contribution in [-0.2, 0) is 19.7 Å². The zero-order chi connectivity index (χ0) is 18.6. The summed E-state index contributed by atoms with van der Waals surface area (Å²) >= 11 is 0.951. The van der Waals surface area contributed by atoms with E-state index in [-0.39, 0.29) is 10.7 Å². The van der Waals surface area contributed by atoms with Crippen LogP contribution in [-0.4, -0.2) is 36.2 Å². The summed E-state index contributed by atoms with van der Waals surface area (Å²) in [5.41, 5.74) is 5.72. The fourth-order valence-electron chi connectivity index (χ4n) is 2.19. The van der Waals surface area contributed by atoms with E-state index >= 15 is 0 Å². The van der Waals surface area contributed by atoms with Gasteiger partial charge in [-0.25, -0.2) is 0 Å². The van der Waals surface area contributed by atoms with Crippen LogP contribution in [0.5, 0.6) is 0 Å². The van der Waals surface area contributed by atoms with Crippen molar-refractivity contribution in [2.45, 2.75) is 12.3 Å². The minimum Gasteiger partial charge on any atom is -0.369 e. The molecule has 0 aliphatic rings. The van der Waals surface area contributed by atoms with Crippen LogP contribution in [0, 0.1) is 0 Å². The Morgan fingerprint density at radius 3 is 2.28 bits per heavy atom. The minimum atomic E-state index is -4.33. The summed E-state index contributed by atoms with van der Waals surface area (Å²) in [6.45, 7) is 0. The van der Waals surface area contributed by atoms with Gasteiger partial charge < -0.3 is 5.73 Å². The first-order chi connectivity index (χ1) is 11.7. The van der Waals surface area contributed by atoms with Gasteiger partial charge in [-0.15, -0.1) is 11.3 Å². The summed E-state index contributed by atoms with van der Waals surface area (Å²) in [5.74, 6) is -4.09. The molecule has 2 aromatic rings. The maximum atomic E-state index is 12.4. The van der Waals surface area contributed by atoms with Crippen LogP contribution in [0.25, 0.3) is 0 Å². The quantitative estimate of drug-likeness (QED) is 0.403. The molecule has 1 amide bonds. The average Bonchev–Trinajstić information content (AvgIpc) is 3.01. The van der Waals surface area contributed by atoms with Crippen LogP contribution >= 0.6 is 11.3 Å². The zero-order valence-corrected chi connectivity index (χ0v) is 14.5. The Labute approximate surface area is 148 Å². The van der Waals surface area contributed by atoms with Crippen molar-refractivity contribution in [2.24, 2.45) is 5.73 Å². The zero-order valence-electron chi connectivity index (χ0n) is 12.9. The number of nitrogens with two attached hydrogens (primary N) is 1. The van der Waals surface area contributed by atoms with E-state index in [2.05, 4.69) is 0 Å². The molecule has 0 aliphatic heterocycles. The number of thiophene rings is 1. The number of hydrogen-bond donors (Lipinski definition) is 2. The lowest BCUT2D eigenvalue weighted by atomic mass is 9.99. The molecule has 1 heterocycles. The summed E-state index contributed by atoms with van der Waals surface area (Å²) in [5, 5.41) is 0. The molecule has 0 bridgehead atoms. The van der Waals surface area contributed by atoms with E-state index in [9.17, 15) is 22.8 Å². The fourth-order valence-corrected chi connectivity index (χ4v) is 3.75. The highest BCUT2D eigenvalue weighted by molar-refractivity contribution is 7.85. The van der Waals surface area contributed by atoms with E-state index in [4.69, 9.17) is 10.3 Å². The highest BCUT2D eigenvalue weighted by Crippen LogP contribution is 2.28. The molecular formula is C16H15NO6S2. The molecule has 3 N–H and O–H groups in total. The van der Waals surface area contributed by atoms with Crippen molar-refractivity contribution in [3.8, 4) is 0 Å². The molecule has 25 heavy (non-hydrogen) atoms. The van der Waals surface area contributed by atoms with Gasteiger partial charge in [-0.2, -0.15) is 8.42 Å². The molecule has 1 aromatic carbocycles. The van der Waals surface area contributed by atoms with E-state index in [0.717, 1.165) is 11.3 Å². The Morgan fingerprint density at radius 1 is 1.08 bits per heavy atom. The van der Waals surface area contributed by atoms with Gasteiger partial charge in [0.05, 0.1) is 10.6 Å². The molecule has 0 aliphatic carbocycles. The van der Waals surface area contributed by atoms with Gasteiger partial charge in [0.15, 0.2) is 5.78 Å². The molecule has 0 saturated heterocycles. The summed E-state index contributed by atoms with van der Waals surface area (Å²) in [4.78, 5) is 36.7. The molecule has 1 unspecified atom stereocenters. The van der Waals surface area contributed by atoms with Crippen LogP contribution in [0.1, 0.15) is 32.5 Å². The van der Waals surface area contributed by atoms with Crippen LogP contribution < -0.4 is 5.73 Å². The average molecular weight is 381 g/mol. The van der Waals surface area contributed by atoms with Crippen LogP contribution in [0.3, 0.4) is 0 Å². The largest absolute Gasteiger partial charge is 0.369 e. The van der Waals surface area contributed by atoms with E-state index in [1.807, 2.05) is 0 Å². The first-order valence-electron chi connectivity index (χ1n) is 7.15. The Balaban J connectivity index is 2.23. The van der Waals surface area contributed by atoms with Gasteiger partial charge in [-0.1, -0.05) is 30.3 Å². The van der Waals surface area contributed by atoms with Crippen LogP contribution in [0.4, 0.5) is 0 Å². The van der Waals surface area contributed by atoms with Gasteiger partial charge >= 0.3 is 0 Å². The number of amides is 1. The molecule has 9 heteroatoms. The van der Waals surface area contributed by atoms with Gasteiger partial charge in [0.25, 0.3) is 10.1 Å². The first kappa shape index (κ1) is 19.0. The monoisotopic (exact) mass is 381 g/mol. The predicted molar refractivity (Wildman–Crippen MR) is 92.2 cm³/mol. The highest BCUT2D eigenvalue weighted by Gasteiger charge is 2.29. The van der Waals surface area contributed by atoms with E-state index in [1.165, 1.54) is 12.1 Å². The van der Waals surface area contributed by atoms with Crippen molar-refractivity contribution < 1.29 is 27.4 Å². The van der Waals surface area contributed by atoms with Crippen molar-refractivity contribution in [3.05, 3.63) is 57.8 Å². The second-order valence-corrected chi connectivity index (χ2v) is 7.92. The topological polar surface area (TPSA) is 132 Å². The van der Waals surface area contributed by atoms with Gasteiger partial charge in [0, 0.05) is 16.9 Å². The number of hydrogen-bond acceptors (Lipinski definition) is 6. The molecule has 132 valence electrons. The van der Waals surface area contributed by atoms with Gasteiger partial charge in [-0.05, 0) is 12.1 Å². The third-order valence-electron chi connectivity index (χ3n) is 3.38. The molecule has 7 nitrogen and oxygen atoms in total. The molecule has 1 aromatic heterocycles. The standard InChI is InChI=1S/C16H15NO6S2/c17-16(20)14(11(18)8-9-25(21,22)23)12-6-7-13(24-12)15(19)10-4-2-1-3-5-10/h1-7,14H,8-9H2,(H2,17,20)(H,21,22,23). The number of carbonyl (C=O) groups excluding carboxylic acids is 3. The van der Waals surface area contributed by atoms with Crippen molar-refractivity contribution in [2.75, 3.05) is 5.75 Å². The normalized spacial score (nSPS) is 12.5. The van der Waals surface area contributed by atoms with Crippen LogP contribution in [0.2, 0.25) is 0 Å². The van der Waals surface area contributed by atoms with Crippen LogP contribution in [0.15, 0.2) is 42.5 Å². The number of carbonyl (C=O) groups is 3. The lowest BCUT2D eigenvalue weighted by molar-refractivity contribution is -0.128. The third kappa shape index (κ3) is 5.05. The van der Waals surface area contributed by atoms with E-state index < -0.39 is 39.9 Å². The summed E-state index contributed by atoms with van der Waals surface area (Å²) in [6, 6.07) is 11.4. The summed E-state index contributed by atoms with van der Waals surface area (Å²) in [6.07, 6.45) is -0.549. The number of ketones is 2. The Kier molecular flexibility index (Phi) is 5.83. The third-order valence-corrected chi connectivity index (χ3v) is 5.25. The van der Waals surface area contributed by atoms with E-state index in [1.54, 1.807) is 30.3 Å². The number of Topliss-reactive ketones (excluding diaryl/α,β-unsaturated/α-hetero) is 1. The van der Waals surface area contributed by atoms with Crippen molar-refractivity contribution >= 4 is 38.9 Å². The van der Waals surface area contributed by atoms with Gasteiger partial charge in [-0.3, -0.25) is 18.9 Å². The minimum absolute atomic E-state index is 0.257. The van der Waals surface area contributed by atoms with Crippen molar-refractivity contribution in [1.29, 1.82) is 0 Å².